The molecule has 128 valence electrons. The molecule has 0 heterocycles. The van der Waals surface area contributed by atoms with Crippen LogP contribution in [0.15, 0.2) is 0 Å². The van der Waals surface area contributed by atoms with Crippen molar-refractivity contribution >= 4 is 11.8 Å². The van der Waals surface area contributed by atoms with E-state index in [2.05, 4.69) is 0 Å². The first kappa shape index (κ1) is 20.8. The molecule has 0 aliphatic heterocycles. The van der Waals surface area contributed by atoms with Gasteiger partial charge in [0.05, 0.1) is 11.5 Å². The first-order valence-corrected chi connectivity index (χ1v) is 6.96. The maximum atomic E-state index is 13.3. The van der Waals surface area contributed by atoms with Gasteiger partial charge >= 0.3 is 12.4 Å². The fraction of sp³-hybridized carbons (Fsp3) is 1.00. The number of alkyl halides is 7. The van der Waals surface area contributed by atoms with Crippen molar-refractivity contribution in [3.8, 4) is 0 Å². The number of aliphatic hydroxyl groups excluding tert-OH is 1. The van der Waals surface area contributed by atoms with E-state index in [0.717, 1.165) is 0 Å². The molecule has 0 aromatic rings. The van der Waals surface area contributed by atoms with Gasteiger partial charge in [-0.3, -0.25) is 0 Å². The molecule has 10 heteroatoms. The van der Waals surface area contributed by atoms with Gasteiger partial charge in [0.2, 0.25) is 0 Å². The minimum absolute atomic E-state index is 0.458. The molecule has 21 heavy (non-hydrogen) atoms. The SMILES string of the molecule is CC(C)(C)C(O)C(N)SCCC(F)(C(F)(F)F)C(F)(F)F. The molecule has 0 aliphatic rings. The van der Waals surface area contributed by atoms with E-state index in [1.807, 2.05) is 0 Å². The normalized spacial score (nSPS) is 17.7. The molecule has 0 fully saturated rings. The second kappa shape index (κ2) is 6.49. The van der Waals surface area contributed by atoms with Crippen LogP contribution in [0.25, 0.3) is 0 Å². The summed E-state index contributed by atoms with van der Waals surface area (Å²) < 4.78 is 87.1. The summed E-state index contributed by atoms with van der Waals surface area (Å²) in [5.41, 5.74) is -0.501. The maximum absolute atomic E-state index is 13.3. The Kier molecular flexibility index (Phi) is 6.42. The van der Waals surface area contributed by atoms with Crippen molar-refractivity contribution in [2.24, 2.45) is 11.1 Å². The molecule has 0 bridgehead atoms. The van der Waals surface area contributed by atoms with Gasteiger partial charge in [0.25, 0.3) is 5.67 Å². The van der Waals surface area contributed by atoms with Gasteiger partial charge in [0, 0.05) is 6.42 Å². The van der Waals surface area contributed by atoms with E-state index in [-0.39, 0.29) is 0 Å². The second-order valence-electron chi connectivity index (χ2n) is 5.69. The van der Waals surface area contributed by atoms with Crippen molar-refractivity contribution in [2.45, 2.75) is 56.7 Å². The summed E-state index contributed by atoms with van der Waals surface area (Å²) in [6, 6.07) is 0. The molecule has 0 amide bonds. The Hall–Kier alpha value is -0.220. The van der Waals surface area contributed by atoms with Gasteiger partial charge in [0.15, 0.2) is 0 Å². The summed E-state index contributed by atoms with van der Waals surface area (Å²) >= 11 is 0.458. The largest absolute Gasteiger partial charge is 0.431 e. The molecular formula is C11H18F7NOS. The van der Waals surface area contributed by atoms with Crippen molar-refractivity contribution in [1.82, 2.24) is 0 Å². The topological polar surface area (TPSA) is 46.2 Å². The first-order chi connectivity index (χ1) is 9.04. The Morgan fingerprint density at radius 3 is 1.62 bits per heavy atom. The zero-order chi connectivity index (χ0) is 17.3. The molecule has 0 aromatic carbocycles. The number of aliphatic hydroxyl groups is 1. The quantitative estimate of drug-likeness (QED) is 0.591. The smallest absolute Gasteiger partial charge is 0.390 e. The third kappa shape index (κ3) is 5.17. The van der Waals surface area contributed by atoms with E-state index in [1.165, 1.54) is 0 Å². The molecule has 2 nitrogen and oxygen atoms in total. The lowest BCUT2D eigenvalue weighted by Crippen LogP contribution is -2.53. The van der Waals surface area contributed by atoms with Crippen LogP contribution in [0.3, 0.4) is 0 Å². The molecular weight excluding hydrogens is 327 g/mol. The predicted octanol–water partition coefficient (Wildman–Crippen LogP) is 3.63. The Bertz CT molecular complexity index is 323. The number of hydrogen-bond acceptors (Lipinski definition) is 3. The third-order valence-corrected chi connectivity index (χ3v) is 3.94. The minimum Gasteiger partial charge on any atom is -0.390 e. The van der Waals surface area contributed by atoms with E-state index in [4.69, 9.17) is 5.73 Å². The number of halogens is 7. The minimum atomic E-state index is -6.06. The molecule has 0 aliphatic carbocycles. The first-order valence-electron chi connectivity index (χ1n) is 5.91. The molecule has 0 rings (SSSR count). The fourth-order valence-corrected chi connectivity index (χ4v) is 2.63. The van der Waals surface area contributed by atoms with Crippen LogP contribution < -0.4 is 5.73 Å². The van der Waals surface area contributed by atoms with Crippen LogP contribution in [0.1, 0.15) is 27.2 Å². The van der Waals surface area contributed by atoms with Crippen LogP contribution in [0.4, 0.5) is 30.7 Å². The lowest BCUT2D eigenvalue weighted by molar-refractivity contribution is -0.341. The molecule has 0 saturated carbocycles. The van der Waals surface area contributed by atoms with Gasteiger partial charge in [-0.1, -0.05) is 20.8 Å². The Morgan fingerprint density at radius 1 is 0.952 bits per heavy atom. The van der Waals surface area contributed by atoms with Crippen LogP contribution in [-0.2, 0) is 0 Å². The van der Waals surface area contributed by atoms with Gasteiger partial charge in [-0.25, -0.2) is 4.39 Å². The van der Waals surface area contributed by atoms with E-state index in [1.54, 1.807) is 20.8 Å². The summed E-state index contributed by atoms with van der Waals surface area (Å²) in [7, 11) is 0. The summed E-state index contributed by atoms with van der Waals surface area (Å²) in [6.45, 7) is 4.80. The monoisotopic (exact) mass is 345 g/mol. The van der Waals surface area contributed by atoms with Gasteiger partial charge in [0.1, 0.15) is 0 Å². The molecule has 2 atom stereocenters. The zero-order valence-corrected chi connectivity index (χ0v) is 12.5. The van der Waals surface area contributed by atoms with Crippen LogP contribution in [0.5, 0.6) is 0 Å². The highest BCUT2D eigenvalue weighted by molar-refractivity contribution is 7.99. The van der Waals surface area contributed by atoms with Crippen LogP contribution in [0.2, 0.25) is 0 Å². The van der Waals surface area contributed by atoms with Gasteiger partial charge < -0.3 is 10.8 Å². The average molecular weight is 345 g/mol. The Balaban J connectivity index is 4.76. The summed E-state index contributed by atoms with van der Waals surface area (Å²) in [5, 5.41) is 8.60. The molecule has 0 radical (unpaired) electrons. The highest BCUT2D eigenvalue weighted by Crippen LogP contribution is 2.48. The van der Waals surface area contributed by atoms with E-state index >= 15 is 0 Å². The zero-order valence-electron chi connectivity index (χ0n) is 11.6. The van der Waals surface area contributed by atoms with Crippen molar-refractivity contribution in [3.63, 3.8) is 0 Å². The summed E-state index contributed by atoms with van der Waals surface area (Å²) in [5.74, 6) is -0.830. The van der Waals surface area contributed by atoms with Crippen LogP contribution >= 0.6 is 11.8 Å². The number of rotatable bonds is 5. The molecule has 0 aromatic heterocycles. The van der Waals surface area contributed by atoms with Crippen LogP contribution in [-0.4, -0.2) is 40.4 Å². The molecule has 2 unspecified atom stereocenters. The van der Waals surface area contributed by atoms with Crippen molar-refractivity contribution in [3.05, 3.63) is 0 Å². The standard InChI is InChI=1S/C11H18F7NOS/c1-8(2,3)6(20)7(19)21-5-4-9(12,10(13,14)15)11(16,17)18/h6-7,20H,4-5,19H2,1-3H3. The third-order valence-electron chi connectivity index (χ3n) is 2.85. The second-order valence-corrected chi connectivity index (χ2v) is 6.98. The fourth-order valence-electron chi connectivity index (χ4n) is 1.36. The van der Waals surface area contributed by atoms with E-state index in [9.17, 15) is 35.8 Å². The van der Waals surface area contributed by atoms with E-state index in [0.29, 0.717) is 11.8 Å². The summed E-state index contributed by atoms with van der Waals surface area (Å²) in [4.78, 5) is 0. The van der Waals surface area contributed by atoms with Gasteiger partial charge in [-0.05, 0) is 11.2 Å². The molecule has 3 N–H and O–H groups in total. The van der Waals surface area contributed by atoms with Crippen molar-refractivity contribution in [1.29, 1.82) is 0 Å². The number of nitrogens with two attached hydrogens (primary N) is 1. The Morgan fingerprint density at radius 2 is 1.33 bits per heavy atom. The van der Waals surface area contributed by atoms with E-state index < -0.39 is 47.1 Å². The summed E-state index contributed by atoms with van der Waals surface area (Å²) in [6.07, 6.45) is -15.1. The highest BCUT2D eigenvalue weighted by Gasteiger charge is 2.71. The lowest BCUT2D eigenvalue weighted by Gasteiger charge is -2.32. The Labute approximate surface area is 122 Å². The van der Waals surface area contributed by atoms with Crippen molar-refractivity contribution < 1.29 is 35.8 Å². The lowest BCUT2D eigenvalue weighted by atomic mass is 9.89. The molecule has 0 spiro atoms. The van der Waals surface area contributed by atoms with Gasteiger partial charge in [-0.15, -0.1) is 11.8 Å². The number of thioether (sulfide) groups is 1. The van der Waals surface area contributed by atoms with Gasteiger partial charge in [-0.2, -0.15) is 26.3 Å². The average Bonchev–Trinajstić information content (AvgIpc) is 2.23. The highest BCUT2D eigenvalue weighted by atomic mass is 32.2. The predicted molar refractivity (Wildman–Crippen MR) is 66.5 cm³/mol. The van der Waals surface area contributed by atoms with Crippen molar-refractivity contribution in [2.75, 3.05) is 5.75 Å². The number of hydrogen-bond donors (Lipinski definition) is 2. The van der Waals surface area contributed by atoms with Crippen LogP contribution in [0, 0.1) is 5.41 Å². The maximum Gasteiger partial charge on any atom is 0.431 e. The molecule has 0 saturated heterocycles.